The molecule has 2 atom stereocenters. The third-order valence-corrected chi connectivity index (χ3v) is 5.11. The molecule has 1 aliphatic heterocycles. The third-order valence-electron chi connectivity index (χ3n) is 4.29. The second kappa shape index (κ2) is 8.17. The summed E-state index contributed by atoms with van der Waals surface area (Å²) in [6.45, 7) is 10.7. The van der Waals surface area contributed by atoms with Gasteiger partial charge in [0.1, 0.15) is 5.60 Å². The molecule has 0 radical (unpaired) electrons. The van der Waals surface area contributed by atoms with Gasteiger partial charge < -0.3 is 15.0 Å². The molecule has 1 saturated heterocycles. The molecule has 140 valence electrons. The predicted octanol–water partition coefficient (Wildman–Crippen LogP) is 3.15. The zero-order valence-electron chi connectivity index (χ0n) is 15.8. The molecule has 0 aromatic carbocycles. The first kappa shape index (κ1) is 19.7. The first-order valence-electron chi connectivity index (χ1n) is 8.83. The van der Waals surface area contributed by atoms with Gasteiger partial charge in [-0.1, -0.05) is 6.92 Å². The summed E-state index contributed by atoms with van der Waals surface area (Å²) in [5.41, 5.74) is 0.296. The van der Waals surface area contributed by atoms with Gasteiger partial charge in [-0.15, -0.1) is 11.3 Å². The zero-order chi connectivity index (χ0) is 18.6. The van der Waals surface area contributed by atoms with Crippen LogP contribution < -0.4 is 5.32 Å². The van der Waals surface area contributed by atoms with Gasteiger partial charge in [0.15, 0.2) is 0 Å². The summed E-state index contributed by atoms with van der Waals surface area (Å²) in [7, 11) is 0. The fraction of sp³-hybridized carbons (Fsp3) is 0.722. The number of thiazole rings is 1. The molecule has 1 N–H and O–H groups in total. The quantitative estimate of drug-likeness (QED) is 0.887. The standard InChI is InChI=1S/C18H29N3O3S/c1-12-7-6-8-21(16(22)9-14-11-25-13(2)20-14)15(12)10-19-17(23)24-18(3,4)5/h11-12,15H,6-10H2,1-5H3,(H,19,23)/t12-,15+/m0/s1. The maximum absolute atomic E-state index is 12.8. The van der Waals surface area contributed by atoms with E-state index in [2.05, 4.69) is 17.2 Å². The van der Waals surface area contributed by atoms with Crippen molar-refractivity contribution in [1.29, 1.82) is 0 Å². The average Bonchev–Trinajstić information content (AvgIpc) is 2.89. The Morgan fingerprint density at radius 3 is 2.76 bits per heavy atom. The van der Waals surface area contributed by atoms with Crippen LogP contribution in [0.5, 0.6) is 0 Å². The molecule has 0 spiro atoms. The summed E-state index contributed by atoms with van der Waals surface area (Å²) in [6, 6.07) is -0.00602. The van der Waals surface area contributed by atoms with Crippen molar-refractivity contribution in [2.75, 3.05) is 13.1 Å². The fourth-order valence-corrected chi connectivity index (χ4v) is 3.73. The van der Waals surface area contributed by atoms with Crippen molar-refractivity contribution < 1.29 is 14.3 Å². The normalized spacial score (nSPS) is 21.1. The monoisotopic (exact) mass is 367 g/mol. The van der Waals surface area contributed by atoms with E-state index < -0.39 is 11.7 Å². The van der Waals surface area contributed by atoms with Crippen LogP contribution in [0.2, 0.25) is 0 Å². The molecule has 0 saturated carbocycles. The maximum atomic E-state index is 12.8. The molecule has 0 aliphatic carbocycles. The highest BCUT2D eigenvalue weighted by Crippen LogP contribution is 2.24. The first-order valence-corrected chi connectivity index (χ1v) is 9.71. The van der Waals surface area contributed by atoms with Crippen molar-refractivity contribution in [3.05, 3.63) is 16.1 Å². The number of hydrogen-bond donors (Lipinski definition) is 1. The highest BCUT2D eigenvalue weighted by Gasteiger charge is 2.32. The Bertz CT molecular complexity index is 609. The Labute approximate surface area is 154 Å². The van der Waals surface area contributed by atoms with Crippen LogP contribution in [0.4, 0.5) is 4.79 Å². The largest absolute Gasteiger partial charge is 0.444 e. The number of rotatable bonds is 4. The SMILES string of the molecule is Cc1nc(CC(=O)N2CCC[C@H](C)[C@H]2CNC(=O)OC(C)(C)C)cs1. The van der Waals surface area contributed by atoms with Crippen molar-refractivity contribution in [1.82, 2.24) is 15.2 Å². The minimum atomic E-state index is -0.528. The van der Waals surface area contributed by atoms with Crippen molar-refractivity contribution in [3.8, 4) is 0 Å². The number of piperidine rings is 1. The minimum absolute atomic E-state index is 0.00602. The number of carbonyl (C=O) groups is 2. The number of hydrogen-bond acceptors (Lipinski definition) is 5. The lowest BCUT2D eigenvalue weighted by Crippen LogP contribution is -2.53. The number of likely N-dealkylation sites (tertiary alicyclic amines) is 1. The summed E-state index contributed by atoms with van der Waals surface area (Å²) in [6.07, 6.45) is 1.93. The number of nitrogens with one attached hydrogen (secondary N) is 1. The molecule has 7 heteroatoms. The van der Waals surface area contributed by atoms with Gasteiger partial charge in [-0.05, 0) is 46.5 Å². The van der Waals surface area contributed by atoms with Gasteiger partial charge in [0.2, 0.25) is 5.91 Å². The number of alkyl carbamates (subject to hydrolysis) is 1. The summed E-state index contributed by atoms with van der Waals surface area (Å²) in [5, 5.41) is 5.73. The lowest BCUT2D eigenvalue weighted by atomic mass is 9.90. The molecule has 0 unspecified atom stereocenters. The Balaban J connectivity index is 1.97. The van der Waals surface area contributed by atoms with Gasteiger partial charge in [-0.25, -0.2) is 9.78 Å². The fourth-order valence-electron chi connectivity index (χ4n) is 3.12. The van der Waals surface area contributed by atoms with E-state index in [4.69, 9.17) is 4.74 Å². The number of amides is 2. The second-order valence-electron chi connectivity index (χ2n) is 7.69. The molecule has 25 heavy (non-hydrogen) atoms. The summed E-state index contributed by atoms with van der Waals surface area (Å²) in [5.74, 6) is 0.414. The van der Waals surface area contributed by atoms with Crippen LogP contribution in [-0.2, 0) is 16.0 Å². The van der Waals surface area contributed by atoms with Gasteiger partial charge in [-0.2, -0.15) is 0 Å². The predicted molar refractivity (Wildman–Crippen MR) is 98.7 cm³/mol. The van der Waals surface area contributed by atoms with Crippen LogP contribution in [0, 0.1) is 12.8 Å². The number of ether oxygens (including phenoxy) is 1. The smallest absolute Gasteiger partial charge is 0.407 e. The van der Waals surface area contributed by atoms with Gasteiger partial charge in [0.25, 0.3) is 0 Å². The molecular formula is C18H29N3O3S. The lowest BCUT2D eigenvalue weighted by Gasteiger charge is -2.40. The van der Waals surface area contributed by atoms with Crippen LogP contribution in [0.15, 0.2) is 5.38 Å². The van der Waals surface area contributed by atoms with Crippen molar-refractivity contribution in [2.45, 2.75) is 65.5 Å². The average molecular weight is 368 g/mol. The van der Waals surface area contributed by atoms with Crippen LogP contribution in [0.1, 0.15) is 51.2 Å². The minimum Gasteiger partial charge on any atom is -0.444 e. The molecule has 0 bridgehead atoms. The summed E-state index contributed by atoms with van der Waals surface area (Å²) in [4.78, 5) is 31.0. The molecule has 6 nitrogen and oxygen atoms in total. The van der Waals surface area contributed by atoms with Crippen molar-refractivity contribution >= 4 is 23.3 Å². The number of aromatic nitrogens is 1. The molecule has 2 amide bonds. The van der Waals surface area contributed by atoms with E-state index in [0.29, 0.717) is 18.9 Å². The van der Waals surface area contributed by atoms with E-state index in [-0.39, 0.29) is 11.9 Å². The van der Waals surface area contributed by atoms with E-state index in [9.17, 15) is 9.59 Å². The number of aryl methyl sites for hydroxylation is 1. The zero-order valence-corrected chi connectivity index (χ0v) is 16.6. The van der Waals surface area contributed by atoms with Crippen molar-refractivity contribution in [2.24, 2.45) is 5.92 Å². The van der Waals surface area contributed by atoms with Gasteiger partial charge >= 0.3 is 6.09 Å². The highest BCUT2D eigenvalue weighted by molar-refractivity contribution is 7.09. The Hall–Kier alpha value is -1.63. The van der Waals surface area contributed by atoms with E-state index in [1.807, 2.05) is 38.0 Å². The van der Waals surface area contributed by atoms with Crippen molar-refractivity contribution in [3.63, 3.8) is 0 Å². The molecule has 1 aromatic heterocycles. The Morgan fingerprint density at radius 2 is 2.16 bits per heavy atom. The van der Waals surface area contributed by atoms with E-state index in [0.717, 1.165) is 30.1 Å². The first-order chi connectivity index (χ1) is 11.7. The second-order valence-corrected chi connectivity index (χ2v) is 8.75. The van der Waals surface area contributed by atoms with Gasteiger partial charge in [0.05, 0.1) is 23.2 Å². The third kappa shape index (κ3) is 5.99. The summed E-state index contributed by atoms with van der Waals surface area (Å²) < 4.78 is 5.30. The van der Waals surface area contributed by atoms with Gasteiger partial charge in [0, 0.05) is 18.5 Å². The van der Waals surface area contributed by atoms with E-state index in [1.54, 1.807) is 11.3 Å². The maximum Gasteiger partial charge on any atom is 0.407 e. The van der Waals surface area contributed by atoms with E-state index in [1.165, 1.54) is 0 Å². The number of nitrogens with zero attached hydrogens (tertiary/aromatic N) is 2. The molecule has 1 fully saturated rings. The molecule has 1 aromatic rings. The highest BCUT2D eigenvalue weighted by atomic mass is 32.1. The van der Waals surface area contributed by atoms with Crippen LogP contribution in [-0.4, -0.2) is 46.6 Å². The Kier molecular flexibility index (Phi) is 6.43. The van der Waals surface area contributed by atoms with Crippen LogP contribution in [0.25, 0.3) is 0 Å². The van der Waals surface area contributed by atoms with Crippen LogP contribution >= 0.6 is 11.3 Å². The molecular weight excluding hydrogens is 338 g/mol. The summed E-state index contributed by atoms with van der Waals surface area (Å²) >= 11 is 1.56. The number of carbonyl (C=O) groups excluding carboxylic acids is 2. The molecule has 1 aliphatic rings. The topological polar surface area (TPSA) is 71.5 Å². The lowest BCUT2D eigenvalue weighted by molar-refractivity contribution is -0.135. The van der Waals surface area contributed by atoms with Gasteiger partial charge in [-0.3, -0.25) is 4.79 Å². The Morgan fingerprint density at radius 1 is 1.44 bits per heavy atom. The molecule has 2 rings (SSSR count). The molecule has 2 heterocycles. The van der Waals surface area contributed by atoms with E-state index >= 15 is 0 Å². The van der Waals surface area contributed by atoms with Crippen LogP contribution in [0.3, 0.4) is 0 Å².